The summed E-state index contributed by atoms with van der Waals surface area (Å²) in [5.41, 5.74) is 3.23. The average molecular weight is 483 g/mol. The number of fused-ring (bicyclic) bond motifs is 1. The monoisotopic (exact) mass is 482 g/mol. The zero-order valence-electron chi connectivity index (χ0n) is 16.6. The predicted molar refractivity (Wildman–Crippen MR) is 123 cm³/mol. The summed E-state index contributed by atoms with van der Waals surface area (Å²) in [6, 6.07) is 17.0. The lowest BCUT2D eigenvalue weighted by molar-refractivity contribution is 0.301. The molecule has 0 aliphatic heterocycles. The van der Waals surface area contributed by atoms with Gasteiger partial charge in [-0.2, -0.15) is 10.1 Å². The standard InChI is InChI=1S/C21H19BrN6O3/c1-27-18-17(19(29)25-21(27)30)28(11-12-31-16-5-3-2-4-6-16)20(24-18)26-23-13-14-7-9-15(22)10-8-14/h2-10,13H,11-12H2,1H3,(H,24,26)(H,25,29,30). The fraction of sp³-hybridized carbons (Fsp3) is 0.143. The van der Waals surface area contributed by atoms with Gasteiger partial charge in [0.2, 0.25) is 5.95 Å². The molecule has 0 atom stereocenters. The van der Waals surface area contributed by atoms with Crippen LogP contribution in [0.4, 0.5) is 5.95 Å². The molecule has 0 saturated heterocycles. The number of hydrogen-bond donors (Lipinski definition) is 2. The molecule has 2 N–H and O–H groups in total. The number of hydrazone groups is 1. The van der Waals surface area contributed by atoms with Gasteiger partial charge in [0.05, 0.1) is 12.8 Å². The van der Waals surface area contributed by atoms with Gasteiger partial charge in [-0.1, -0.05) is 46.3 Å². The van der Waals surface area contributed by atoms with Crippen molar-refractivity contribution in [2.24, 2.45) is 12.1 Å². The van der Waals surface area contributed by atoms with Crippen LogP contribution in [0.3, 0.4) is 0 Å². The molecule has 9 nitrogen and oxygen atoms in total. The Hall–Kier alpha value is -3.66. The summed E-state index contributed by atoms with van der Waals surface area (Å²) < 4.78 is 9.67. The number of para-hydroxylation sites is 1. The summed E-state index contributed by atoms with van der Waals surface area (Å²) in [5, 5.41) is 4.23. The molecule has 4 rings (SSSR count). The molecule has 4 aromatic rings. The van der Waals surface area contributed by atoms with Crippen LogP contribution in [-0.2, 0) is 13.6 Å². The van der Waals surface area contributed by atoms with Gasteiger partial charge >= 0.3 is 5.69 Å². The molecule has 0 aliphatic rings. The third-order valence-corrected chi connectivity index (χ3v) is 5.11. The number of rotatable bonds is 7. The number of nitrogens with zero attached hydrogens (tertiary/aromatic N) is 4. The van der Waals surface area contributed by atoms with Crippen molar-refractivity contribution >= 4 is 39.3 Å². The van der Waals surface area contributed by atoms with Crippen molar-refractivity contribution in [3.8, 4) is 5.75 Å². The molecule has 158 valence electrons. The Bertz CT molecular complexity index is 1340. The fourth-order valence-electron chi connectivity index (χ4n) is 3.02. The molecule has 2 aromatic carbocycles. The maximum Gasteiger partial charge on any atom is 0.329 e. The van der Waals surface area contributed by atoms with Crippen LogP contribution in [-0.4, -0.2) is 31.9 Å². The topological polar surface area (TPSA) is 106 Å². The number of hydrogen-bond acceptors (Lipinski definition) is 6. The van der Waals surface area contributed by atoms with Gasteiger partial charge in [0.25, 0.3) is 5.56 Å². The smallest absolute Gasteiger partial charge is 0.329 e. The first kappa shape index (κ1) is 20.6. The average Bonchev–Trinajstić information content (AvgIpc) is 3.13. The summed E-state index contributed by atoms with van der Waals surface area (Å²) in [4.78, 5) is 31.2. The highest BCUT2D eigenvalue weighted by Crippen LogP contribution is 2.16. The molecule has 0 amide bonds. The number of aryl methyl sites for hydroxylation is 1. The van der Waals surface area contributed by atoms with Crippen LogP contribution in [0.5, 0.6) is 5.75 Å². The normalized spacial score (nSPS) is 11.3. The lowest BCUT2D eigenvalue weighted by Crippen LogP contribution is -2.29. The highest BCUT2D eigenvalue weighted by atomic mass is 79.9. The summed E-state index contributed by atoms with van der Waals surface area (Å²) in [6.07, 6.45) is 1.64. The quantitative estimate of drug-likeness (QED) is 0.311. The summed E-state index contributed by atoms with van der Waals surface area (Å²) in [7, 11) is 1.55. The Morgan fingerprint density at radius 1 is 1.16 bits per heavy atom. The van der Waals surface area contributed by atoms with Gasteiger partial charge in [-0.3, -0.25) is 18.9 Å². The molecule has 0 unspecified atom stereocenters. The molecule has 10 heteroatoms. The van der Waals surface area contributed by atoms with E-state index in [1.165, 1.54) is 4.57 Å². The van der Waals surface area contributed by atoms with E-state index in [4.69, 9.17) is 4.74 Å². The van der Waals surface area contributed by atoms with Crippen molar-refractivity contribution in [3.63, 3.8) is 0 Å². The van der Waals surface area contributed by atoms with Crippen molar-refractivity contribution in [3.05, 3.63) is 85.5 Å². The van der Waals surface area contributed by atoms with Crippen molar-refractivity contribution in [1.82, 2.24) is 19.1 Å². The Labute approximate surface area is 185 Å². The second kappa shape index (κ2) is 9.00. The number of anilines is 1. The summed E-state index contributed by atoms with van der Waals surface area (Å²) in [5.74, 6) is 1.04. The largest absolute Gasteiger partial charge is 0.492 e. The van der Waals surface area contributed by atoms with E-state index >= 15 is 0 Å². The Balaban J connectivity index is 1.64. The van der Waals surface area contributed by atoms with Gasteiger partial charge in [0.1, 0.15) is 12.4 Å². The van der Waals surface area contributed by atoms with Crippen LogP contribution in [0.15, 0.2) is 73.8 Å². The van der Waals surface area contributed by atoms with Crippen molar-refractivity contribution in [2.75, 3.05) is 12.0 Å². The molecule has 0 bridgehead atoms. The van der Waals surface area contributed by atoms with E-state index in [-0.39, 0.29) is 11.2 Å². The third-order valence-electron chi connectivity index (χ3n) is 4.58. The Morgan fingerprint density at radius 2 is 1.90 bits per heavy atom. The van der Waals surface area contributed by atoms with Crippen molar-refractivity contribution in [2.45, 2.75) is 6.54 Å². The molecule has 0 radical (unpaired) electrons. The number of nitrogens with one attached hydrogen (secondary N) is 2. The number of benzene rings is 2. The zero-order chi connectivity index (χ0) is 21.8. The van der Waals surface area contributed by atoms with Crippen LogP contribution in [0.1, 0.15) is 5.56 Å². The van der Waals surface area contributed by atoms with E-state index in [0.717, 1.165) is 15.8 Å². The molecule has 0 spiro atoms. The number of H-pyrrole nitrogens is 1. The maximum absolute atomic E-state index is 12.5. The van der Waals surface area contributed by atoms with E-state index < -0.39 is 11.2 Å². The van der Waals surface area contributed by atoms with Crippen molar-refractivity contribution < 1.29 is 4.74 Å². The number of ether oxygens (including phenoxy) is 1. The van der Waals surface area contributed by atoms with E-state index in [0.29, 0.717) is 19.1 Å². The lowest BCUT2D eigenvalue weighted by atomic mass is 10.2. The highest BCUT2D eigenvalue weighted by Gasteiger charge is 2.17. The molecular formula is C21H19BrN6O3. The minimum absolute atomic E-state index is 0.259. The Morgan fingerprint density at radius 3 is 2.65 bits per heavy atom. The van der Waals surface area contributed by atoms with Gasteiger partial charge in [0.15, 0.2) is 11.2 Å². The second-order valence-electron chi connectivity index (χ2n) is 6.66. The second-order valence-corrected chi connectivity index (χ2v) is 7.58. The van der Waals surface area contributed by atoms with Gasteiger partial charge in [-0.15, -0.1) is 0 Å². The first-order chi connectivity index (χ1) is 15.0. The van der Waals surface area contributed by atoms with Crippen molar-refractivity contribution in [1.29, 1.82) is 0 Å². The number of aromatic amines is 1. The molecular weight excluding hydrogens is 464 g/mol. The first-order valence-electron chi connectivity index (χ1n) is 9.45. The van der Waals surface area contributed by atoms with E-state index in [1.54, 1.807) is 17.8 Å². The highest BCUT2D eigenvalue weighted by molar-refractivity contribution is 9.10. The number of imidazole rings is 1. The molecule has 0 aliphatic carbocycles. The number of halogens is 1. The van der Waals surface area contributed by atoms with Crippen LogP contribution in [0, 0.1) is 0 Å². The van der Waals surface area contributed by atoms with E-state index in [9.17, 15) is 9.59 Å². The minimum Gasteiger partial charge on any atom is -0.492 e. The van der Waals surface area contributed by atoms with Crippen LogP contribution < -0.4 is 21.4 Å². The van der Waals surface area contributed by atoms with Crippen LogP contribution >= 0.6 is 15.9 Å². The summed E-state index contributed by atoms with van der Waals surface area (Å²) >= 11 is 3.39. The fourth-order valence-corrected chi connectivity index (χ4v) is 3.29. The SMILES string of the molecule is Cn1c(=O)[nH]c(=O)c2c1nc(NN=Cc1ccc(Br)cc1)n2CCOc1ccccc1. The zero-order valence-corrected chi connectivity index (χ0v) is 18.2. The predicted octanol–water partition coefficient (Wildman–Crippen LogP) is 2.71. The molecule has 2 aromatic heterocycles. The van der Waals surface area contributed by atoms with E-state index in [1.807, 2.05) is 54.6 Å². The lowest BCUT2D eigenvalue weighted by Gasteiger charge is -2.10. The molecule has 31 heavy (non-hydrogen) atoms. The van der Waals surface area contributed by atoms with Gasteiger partial charge in [-0.25, -0.2) is 10.2 Å². The third kappa shape index (κ3) is 4.58. The molecule has 2 heterocycles. The van der Waals surface area contributed by atoms with Crippen LogP contribution in [0.2, 0.25) is 0 Å². The van der Waals surface area contributed by atoms with E-state index in [2.05, 4.69) is 36.4 Å². The van der Waals surface area contributed by atoms with Crippen LogP contribution in [0.25, 0.3) is 11.2 Å². The first-order valence-corrected chi connectivity index (χ1v) is 10.2. The van der Waals surface area contributed by atoms with Gasteiger partial charge in [0, 0.05) is 11.5 Å². The van der Waals surface area contributed by atoms with Gasteiger partial charge in [-0.05, 0) is 29.8 Å². The minimum atomic E-state index is -0.535. The number of aromatic nitrogens is 4. The molecule has 0 saturated carbocycles. The molecule has 0 fully saturated rings. The van der Waals surface area contributed by atoms with Gasteiger partial charge < -0.3 is 4.74 Å². The summed E-state index contributed by atoms with van der Waals surface area (Å²) in [6.45, 7) is 0.617. The Kier molecular flexibility index (Phi) is 5.99. The maximum atomic E-state index is 12.5.